The van der Waals surface area contributed by atoms with Gasteiger partial charge in [0.25, 0.3) is 0 Å². The first-order valence-electron chi connectivity index (χ1n) is 6.50. The standard InChI is InChI=1S/C15H13ClN2O3/c16-14-8-12-13(9-17-14)20-7-6-18(12)15(19)21-10-11-4-2-1-3-5-11/h1-5,8-9H,6-7,10H2. The van der Waals surface area contributed by atoms with Crippen molar-refractivity contribution in [3.05, 3.63) is 53.3 Å². The predicted molar refractivity (Wildman–Crippen MR) is 78.7 cm³/mol. The number of carbonyl (C=O) groups excluding carboxylic acids is 1. The quantitative estimate of drug-likeness (QED) is 0.799. The first-order valence-corrected chi connectivity index (χ1v) is 6.88. The summed E-state index contributed by atoms with van der Waals surface area (Å²) in [4.78, 5) is 17.7. The molecule has 0 N–H and O–H groups in total. The van der Waals surface area contributed by atoms with Gasteiger partial charge in [0.1, 0.15) is 18.4 Å². The zero-order valence-corrected chi connectivity index (χ0v) is 11.9. The Hall–Kier alpha value is -2.27. The molecule has 0 bridgehead atoms. The molecule has 108 valence electrons. The third kappa shape index (κ3) is 3.08. The number of pyridine rings is 1. The van der Waals surface area contributed by atoms with Gasteiger partial charge in [0, 0.05) is 6.07 Å². The zero-order chi connectivity index (χ0) is 14.7. The first kappa shape index (κ1) is 13.7. The highest BCUT2D eigenvalue weighted by molar-refractivity contribution is 6.29. The number of fused-ring (bicyclic) bond motifs is 1. The summed E-state index contributed by atoms with van der Waals surface area (Å²) in [6, 6.07) is 11.1. The fraction of sp³-hybridized carbons (Fsp3) is 0.200. The van der Waals surface area contributed by atoms with E-state index in [9.17, 15) is 4.79 Å². The zero-order valence-electron chi connectivity index (χ0n) is 11.2. The molecule has 1 aromatic heterocycles. The van der Waals surface area contributed by atoms with E-state index in [1.807, 2.05) is 30.3 Å². The molecule has 0 spiro atoms. The Balaban J connectivity index is 1.73. The Kier molecular flexibility index (Phi) is 3.92. The smallest absolute Gasteiger partial charge is 0.414 e. The van der Waals surface area contributed by atoms with Gasteiger partial charge >= 0.3 is 6.09 Å². The molecule has 0 saturated heterocycles. The Labute approximate surface area is 127 Å². The topological polar surface area (TPSA) is 51.7 Å². The van der Waals surface area contributed by atoms with Crippen molar-refractivity contribution in [2.24, 2.45) is 0 Å². The van der Waals surface area contributed by atoms with Gasteiger partial charge in [-0.15, -0.1) is 0 Å². The van der Waals surface area contributed by atoms with Crippen molar-refractivity contribution in [3.63, 3.8) is 0 Å². The molecular weight excluding hydrogens is 292 g/mol. The Morgan fingerprint density at radius 1 is 1.38 bits per heavy atom. The second-order valence-electron chi connectivity index (χ2n) is 4.52. The monoisotopic (exact) mass is 304 g/mol. The van der Waals surface area contributed by atoms with Crippen molar-refractivity contribution in [1.29, 1.82) is 0 Å². The van der Waals surface area contributed by atoms with Gasteiger partial charge < -0.3 is 9.47 Å². The number of rotatable bonds is 2. The van der Waals surface area contributed by atoms with E-state index in [0.717, 1.165) is 5.56 Å². The molecule has 0 radical (unpaired) electrons. The number of halogens is 1. The van der Waals surface area contributed by atoms with Crippen molar-refractivity contribution in [2.45, 2.75) is 6.61 Å². The summed E-state index contributed by atoms with van der Waals surface area (Å²) < 4.78 is 10.8. The normalized spacial score (nSPS) is 13.3. The lowest BCUT2D eigenvalue weighted by molar-refractivity contribution is 0.144. The minimum Gasteiger partial charge on any atom is -0.488 e. The molecule has 5 nitrogen and oxygen atoms in total. The van der Waals surface area contributed by atoms with Gasteiger partial charge in [-0.25, -0.2) is 9.78 Å². The average Bonchev–Trinajstić information content (AvgIpc) is 2.53. The maximum absolute atomic E-state index is 12.2. The van der Waals surface area contributed by atoms with Crippen LogP contribution in [-0.4, -0.2) is 24.2 Å². The number of carbonyl (C=O) groups is 1. The molecule has 0 unspecified atom stereocenters. The Morgan fingerprint density at radius 2 is 2.19 bits per heavy atom. The van der Waals surface area contributed by atoms with Gasteiger partial charge in [0.15, 0.2) is 5.75 Å². The van der Waals surface area contributed by atoms with Gasteiger partial charge in [0.05, 0.1) is 18.4 Å². The van der Waals surface area contributed by atoms with Gasteiger partial charge in [-0.2, -0.15) is 0 Å². The van der Waals surface area contributed by atoms with Gasteiger partial charge in [0.2, 0.25) is 0 Å². The fourth-order valence-electron chi connectivity index (χ4n) is 2.08. The lowest BCUT2D eigenvalue weighted by Gasteiger charge is -2.28. The molecule has 0 fully saturated rings. The molecule has 1 aliphatic heterocycles. The second kappa shape index (κ2) is 6.01. The number of aromatic nitrogens is 1. The van der Waals surface area contributed by atoms with Gasteiger partial charge in [-0.05, 0) is 5.56 Å². The Morgan fingerprint density at radius 3 is 3.00 bits per heavy atom. The molecule has 2 heterocycles. The van der Waals surface area contributed by atoms with Crippen LogP contribution in [0.4, 0.5) is 10.5 Å². The van der Waals surface area contributed by atoms with Crippen molar-refractivity contribution >= 4 is 23.4 Å². The SMILES string of the molecule is O=C(OCc1ccccc1)N1CCOc2cnc(Cl)cc21. The van der Waals surface area contributed by atoms with Crippen LogP contribution in [0.5, 0.6) is 5.75 Å². The average molecular weight is 305 g/mol. The van der Waals surface area contributed by atoms with E-state index in [-0.39, 0.29) is 6.61 Å². The van der Waals surface area contributed by atoms with E-state index in [0.29, 0.717) is 29.7 Å². The molecule has 1 amide bonds. The number of hydrogen-bond acceptors (Lipinski definition) is 4. The second-order valence-corrected chi connectivity index (χ2v) is 4.90. The number of benzene rings is 1. The summed E-state index contributed by atoms with van der Waals surface area (Å²) in [6.45, 7) is 1.04. The number of amides is 1. The molecule has 1 aromatic carbocycles. The van der Waals surface area contributed by atoms with E-state index in [1.165, 1.54) is 11.1 Å². The summed E-state index contributed by atoms with van der Waals surface area (Å²) in [6.07, 6.45) is 1.08. The third-order valence-electron chi connectivity index (χ3n) is 3.10. The van der Waals surface area contributed by atoms with E-state index in [4.69, 9.17) is 21.1 Å². The van der Waals surface area contributed by atoms with E-state index in [1.54, 1.807) is 6.07 Å². The minimum atomic E-state index is -0.425. The number of nitrogens with zero attached hydrogens (tertiary/aromatic N) is 2. The van der Waals surface area contributed by atoms with Crippen LogP contribution in [0.1, 0.15) is 5.56 Å². The number of anilines is 1. The minimum absolute atomic E-state index is 0.227. The molecule has 1 aliphatic rings. The summed E-state index contributed by atoms with van der Waals surface area (Å²) in [5, 5.41) is 0.306. The van der Waals surface area contributed by atoms with Crippen molar-refractivity contribution in [3.8, 4) is 5.75 Å². The summed E-state index contributed by atoms with van der Waals surface area (Å²) in [7, 11) is 0. The van der Waals surface area contributed by atoms with E-state index < -0.39 is 6.09 Å². The van der Waals surface area contributed by atoms with Crippen LogP contribution in [0.2, 0.25) is 5.15 Å². The molecular formula is C15H13ClN2O3. The fourth-order valence-corrected chi connectivity index (χ4v) is 2.24. The molecule has 6 heteroatoms. The van der Waals surface area contributed by atoms with Gasteiger partial charge in [-0.3, -0.25) is 4.90 Å². The maximum Gasteiger partial charge on any atom is 0.414 e. The molecule has 3 rings (SSSR count). The summed E-state index contributed by atoms with van der Waals surface area (Å²) >= 11 is 5.87. The van der Waals surface area contributed by atoms with Crippen molar-refractivity contribution in [1.82, 2.24) is 4.98 Å². The van der Waals surface area contributed by atoms with Crippen molar-refractivity contribution in [2.75, 3.05) is 18.1 Å². The molecule has 0 aliphatic carbocycles. The maximum atomic E-state index is 12.2. The molecule has 0 saturated carbocycles. The van der Waals surface area contributed by atoms with E-state index in [2.05, 4.69) is 4.98 Å². The van der Waals surface area contributed by atoms with Gasteiger partial charge in [-0.1, -0.05) is 41.9 Å². The summed E-state index contributed by atoms with van der Waals surface area (Å²) in [5.41, 5.74) is 1.52. The van der Waals surface area contributed by atoms with Crippen LogP contribution in [0.25, 0.3) is 0 Å². The first-order chi connectivity index (χ1) is 10.2. The largest absolute Gasteiger partial charge is 0.488 e. The van der Waals surface area contributed by atoms with Crippen molar-refractivity contribution < 1.29 is 14.3 Å². The van der Waals surface area contributed by atoms with Crippen LogP contribution < -0.4 is 9.64 Å². The number of ether oxygens (including phenoxy) is 2. The molecule has 21 heavy (non-hydrogen) atoms. The lowest BCUT2D eigenvalue weighted by Crippen LogP contribution is -2.38. The highest BCUT2D eigenvalue weighted by Crippen LogP contribution is 2.32. The van der Waals surface area contributed by atoms with Crippen LogP contribution in [0, 0.1) is 0 Å². The lowest BCUT2D eigenvalue weighted by atomic mass is 10.2. The van der Waals surface area contributed by atoms with Crippen LogP contribution in [0.3, 0.4) is 0 Å². The predicted octanol–water partition coefficient (Wildman–Crippen LogP) is 3.27. The van der Waals surface area contributed by atoms with Crippen LogP contribution >= 0.6 is 11.6 Å². The highest BCUT2D eigenvalue weighted by atomic mass is 35.5. The molecule has 0 atom stereocenters. The summed E-state index contributed by atoms with van der Waals surface area (Å²) in [5.74, 6) is 0.530. The highest BCUT2D eigenvalue weighted by Gasteiger charge is 2.25. The number of hydrogen-bond donors (Lipinski definition) is 0. The molecule has 2 aromatic rings. The van der Waals surface area contributed by atoms with Crippen LogP contribution in [0.15, 0.2) is 42.6 Å². The van der Waals surface area contributed by atoms with Crippen LogP contribution in [-0.2, 0) is 11.3 Å². The Bertz CT molecular complexity index is 649. The third-order valence-corrected chi connectivity index (χ3v) is 3.31. The van der Waals surface area contributed by atoms with E-state index >= 15 is 0 Å².